The van der Waals surface area contributed by atoms with Crippen LogP contribution in [0, 0.1) is 11.8 Å². The Kier molecular flexibility index (Phi) is 10.1. The molecule has 0 unspecified atom stereocenters. The van der Waals surface area contributed by atoms with Crippen LogP contribution < -0.4 is 0 Å². The molecule has 4 atom stereocenters. The Labute approximate surface area is 319 Å². The molecule has 0 saturated carbocycles. The Morgan fingerprint density at radius 3 is 1.20 bits per heavy atom. The van der Waals surface area contributed by atoms with Gasteiger partial charge in [-0.3, -0.25) is 19.6 Å². The number of ether oxygens (including phenoxy) is 2. The zero-order chi connectivity index (χ0) is 36.4. The van der Waals surface area contributed by atoms with Gasteiger partial charge in [-0.1, -0.05) is 109 Å². The number of rotatable bonds is 4. The SMILES string of the molecule is O=C(O[C@H]1CN2CCC1CC2)N1CCc2ccccc2[C@@H]1c1ccccc1.O=C(O[C@H]1CN2CCC1CC2)N1CCc2ccccc2[C@H]1c1ccccc1. The lowest BCUT2D eigenvalue weighted by molar-refractivity contribution is -0.0465. The van der Waals surface area contributed by atoms with E-state index >= 15 is 0 Å². The fourth-order valence-electron chi connectivity index (χ4n) is 10.00. The van der Waals surface area contributed by atoms with E-state index in [0.717, 1.165) is 88.9 Å². The van der Waals surface area contributed by atoms with Gasteiger partial charge in [-0.25, -0.2) is 9.59 Å². The average molecular weight is 725 g/mol. The lowest BCUT2D eigenvalue weighted by Gasteiger charge is -2.45. The highest BCUT2D eigenvalue weighted by molar-refractivity contribution is 5.71. The molecule has 8 heteroatoms. The normalized spacial score (nSPS) is 29.3. The molecule has 0 aliphatic carbocycles. The number of hydrogen-bond donors (Lipinski definition) is 0. The van der Waals surface area contributed by atoms with Gasteiger partial charge in [-0.2, -0.15) is 0 Å². The van der Waals surface area contributed by atoms with Crippen molar-refractivity contribution >= 4 is 12.2 Å². The summed E-state index contributed by atoms with van der Waals surface area (Å²) in [6.45, 7) is 7.83. The van der Waals surface area contributed by atoms with Crippen molar-refractivity contribution in [2.24, 2.45) is 11.8 Å². The van der Waals surface area contributed by atoms with Gasteiger partial charge in [0.15, 0.2) is 0 Å². The predicted molar refractivity (Wildman–Crippen MR) is 209 cm³/mol. The monoisotopic (exact) mass is 724 g/mol. The number of hydrogen-bond acceptors (Lipinski definition) is 6. The highest BCUT2D eigenvalue weighted by atomic mass is 16.6. The fourth-order valence-corrected chi connectivity index (χ4v) is 10.00. The molecule has 280 valence electrons. The Bertz CT molecular complexity index is 1770. The molecule has 54 heavy (non-hydrogen) atoms. The Balaban J connectivity index is 0.000000142. The maximum atomic E-state index is 13.2. The van der Waals surface area contributed by atoms with Crippen molar-refractivity contribution in [2.45, 2.75) is 62.8 Å². The van der Waals surface area contributed by atoms with Crippen molar-refractivity contribution in [2.75, 3.05) is 52.4 Å². The Morgan fingerprint density at radius 2 is 0.833 bits per heavy atom. The van der Waals surface area contributed by atoms with Crippen molar-refractivity contribution in [1.29, 1.82) is 0 Å². The molecule has 6 saturated heterocycles. The number of piperidine rings is 6. The number of benzene rings is 4. The number of carbonyl (C=O) groups is 2. The molecule has 0 aromatic heterocycles. The first-order valence-electron chi connectivity index (χ1n) is 20.2. The van der Waals surface area contributed by atoms with Gasteiger partial charge in [-0.05, 0) is 110 Å². The van der Waals surface area contributed by atoms with E-state index in [4.69, 9.17) is 9.47 Å². The molecule has 12 rings (SSSR count). The molecule has 8 aliphatic heterocycles. The summed E-state index contributed by atoms with van der Waals surface area (Å²) in [5.41, 5.74) is 7.41. The van der Waals surface area contributed by atoms with Crippen molar-refractivity contribution < 1.29 is 19.1 Å². The van der Waals surface area contributed by atoms with Crippen LogP contribution in [0.3, 0.4) is 0 Å². The minimum atomic E-state index is -0.155. The van der Waals surface area contributed by atoms with Crippen LogP contribution in [0.4, 0.5) is 9.59 Å². The van der Waals surface area contributed by atoms with Gasteiger partial charge in [0.05, 0.1) is 12.1 Å². The second-order valence-corrected chi connectivity index (χ2v) is 16.0. The molecular weight excluding hydrogens is 673 g/mol. The molecule has 0 N–H and O–H groups in total. The molecule has 4 bridgehead atoms. The van der Waals surface area contributed by atoms with Crippen LogP contribution in [0.1, 0.15) is 71.1 Å². The quantitative estimate of drug-likeness (QED) is 0.215. The standard InChI is InChI=1S/2C23H26N2O2/c2*26-23(27-21-16-24-13-10-18(21)11-14-24)25-15-12-17-6-4-5-9-20(17)22(25)19-7-2-1-3-8-19/h2*1-9,18,21-22H,10-16H2/t21-,22+;21-,22-/m00/s1. The Morgan fingerprint density at radius 1 is 0.463 bits per heavy atom. The first-order valence-corrected chi connectivity index (χ1v) is 20.2. The van der Waals surface area contributed by atoms with Crippen molar-refractivity contribution in [3.8, 4) is 0 Å². The minimum Gasteiger partial charge on any atom is -0.444 e. The van der Waals surface area contributed by atoms with E-state index in [1.54, 1.807) is 0 Å². The van der Waals surface area contributed by atoms with E-state index in [1.807, 2.05) is 46.2 Å². The third-order valence-electron chi connectivity index (χ3n) is 13.0. The third kappa shape index (κ3) is 7.14. The summed E-state index contributed by atoms with van der Waals surface area (Å²) in [6.07, 6.45) is 6.18. The number of nitrogens with zero attached hydrogens (tertiary/aromatic N) is 4. The highest BCUT2D eigenvalue weighted by Gasteiger charge is 2.41. The lowest BCUT2D eigenvalue weighted by atomic mass is 9.86. The first-order chi connectivity index (χ1) is 26.6. The van der Waals surface area contributed by atoms with Gasteiger partial charge in [0.1, 0.15) is 12.2 Å². The van der Waals surface area contributed by atoms with Crippen molar-refractivity contribution in [3.05, 3.63) is 143 Å². The third-order valence-corrected chi connectivity index (χ3v) is 13.0. The topological polar surface area (TPSA) is 65.6 Å². The summed E-state index contributed by atoms with van der Waals surface area (Å²) in [5.74, 6) is 1.07. The maximum absolute atomic E-state index is 13.2. The molecule has 4 aromatic rings. The van der Waals surface area contributed by atoms with Crippen LogP contribution >= 0.6 is 0 Å². The molecule has 6 fully saturated rings. The van der Waals surface area contributed by atoms with Gasteiger partial charge >= 0.3 is 12.2 Å². The van der Waals surface area contributed by atoms with E-state index in [-0.39, 0.29) is 36.5 Å². The van der Waals surface area contributed by atoms with Crippen molar-refractivity contribution in [1.82, 2.24) is 19.6 Å². The highest BCUT2D eigenvalue weighted by Crippen LogP contribution is 2.39. The molecule has 8 heterocycles. The van der Waals surface area contributed by atoms with E-state index in [9.17, 15) is 9.59 Å². The molecule has 8 aliphatic rings. The van der Waals surface area contributed by atoms with Gasteiger partial charge in [-0.15, -0.1) is 0 Å². The molecule has 0 spiro atoms. The van der Waals surface area contributed by atoms with E-state index in [0.29, 0.717) is 24.9 Å². The Hall–Kier alpha value is -4.66. The summed E-state index contributed by atoms with van der Waals surface area (Å²) < 4.78 is 12.2. The number of amides is 2. The molecular formula is C46H52N4O4. The van der Waals surface area contributed by atoms with Crippen LogP contribution in [-0.2, 0) is 22.3 Å². The zero-order valence-corrected chi connectivity index (χ0v) is 31.2. The van der Waals surface area contributed by atoms with E-state index in [2.05, 4.69) is 82.6 Å². The van der Waals surface area contributed by atoms with Crippen LogP contribution in [0.2, 0.25) is 0 Å². The largest absolute Gasteiger partial charge is 0.444 e. The van der Waals surface area contributed by atoms with Gasteiger partial charge in [0.25, 0.3) is 0 Å². The molecule has 4 aromatic carbocycles. The molecule has 2 amide bonds. The predicted octanol–water partition coefficient (Wildman–Crippen LogP) is 7.73. The van der Waals surface area contributed by atoms with Crippen LogP contribution in [0.25, 0.3) is 0 Å². The smallest absolute Gasteiger partial charge is 0.410 e. The second kappa shape index (κ2) is 15.6. The minimum absolute atomic E-state index is 0.0496. The summed E-state index contributed by atoms with van der Waals surface area (Å²) in [7, 11) is 0. The van der Waals surface area contributed by atoms with Gasteiger partial charge in [0.2, 0.25) is 0 Å². The summed E-state index contributed by atoms with van der Waals surface area (Å²) in [5, 5.41) is 0. The van der Waals surface area contributed by atoms with Crippen LogP contribution in [0.15, 0.2) is 109 Å². The first kappa shape index (κ1) is 35.1. The van der Waals surface area contributed by atoms with E-state index < -0.39 is 0 Å². The molecule has 0 radical (unpaired) electrons. The van der Waals surface area contributed by atoms with Gasteiger partial charge < -0.3 is 9.47 Å². The zero-order valence-electron chi connectivity index (χ0n) is 31.2. The average Bonchev–Trinajstić information content (AvgIpc) is 3.24. The second-order valence-electron chi connectivity index (χ2n) is 16.0. The summed E-state index contributed by atoms with van der Waals surface area (Å²) >= 11 is 0. The van der Waals surface area contributed by atoms with Crippen LogP contribution in [0.5, 0.6) is 0 Å². The molecule has 8 nitrogen and oxygen atoms in total. The number of carbonyl (C=O) groups excluding carboxylic acids is 2. The van der Waals surface area contributed by atoms with Gasteiger partial charge in [0, 0.05) is 26.2 Å². The van der Waals surface area contributed by atoms with Crippen LogP contribution in [-0.4, -0.2) is 96.4 Å². The number of fused-ring (bicyclic) bond motifs is 8. The fraction of sp³-hybridized carbons (Fsp3) is 0.435. The maximum Gasteiger partial charge on any atom is 0.410 e. The summed E-state index contributed by atoms with van der Waals surface area (Å²) in [4.78, 5) is 35.2. The van der Waals surface area contributed by atoms with Crippen molar-refractivity contribution in [3.63, 3.8) is 0 Å². The lowest BCUT2D eigenvalue weighted by Crippen LogP contribution is -2.53. The summed E-state index contributed by atoms with van der Waals surface area (Å²) in [6, 6.07) is 37.5. The van der Waals surface area contributed by atoms with E-state index in [1.165, 1.54) is 22.3 Å².